The SMILES string of the molecule is CSCCC(NC(=O)C(C)NC(=O)C(NC(=O)CN)C(C)O)C(=O)O. The zero-order chi connectivity index (χ0) is 19.6. The van der Waals surface area contributed by atoms with E-state index in [0.29, 0.717) is 5.75 Å². The van der Waals surface area contributed by atoms with Crippen LogP contribution >= 0.6 is 11.8 Å². The number of aliphatic hydroxyl groups is 1. The number of nitrogens with two attached hydrogens (primary N) is 1. The molecule has 4 unspecified atom stereocenters. The summed E-state index contributed by atoms with van der Waals surface area (Å²) < 4.78 is 0. The van der Waals surface area contributed by atoms with Gasteiger partial charge in [0, 0.05) is 0 Å². The number of thioether (sulfide) groups is 1. The number of hydrogen-bond acceptors (Lipinski definition) is 7. The molecule has 0 aromatic heterocycles. The standard InChI is InChI=1S/C14H26N4O6S/c1-7(12(21)17-9(14(23)24)4-5-25-3)16-13(22)11(8(2)19)18-10(20)6-15/h7-9,11,19H,4-6,15H2,1-3H3,(H,16,22)(H,17,21)(H,18,20)(H,23,24). The van der Waals surface area contributed by atoms with Gasteiger partial charge in [-0.3, -0.25) is 14.4 Å². The number of rotatable bonds is 11. The fraction of sp³-hybridized carbons (Fsp3) is 0.714. The smallest absolute Gasteiger partial charge is 0.326 e. The second-order valence-electron chi connectivity index (χ2n) is 5.40. The van der Waals surface area contributed by atoms with Gasteiger partial charge in [0.05, 0.1) is 12.6 Å². The summed E-state index contributed by atoms with van der Waals surface area (Å²) in [5, 5.41) is 25.6. The molecule has 0 fully saturated rings. The van der Waals surface area contributed by atoms with Crippen LogP contribution < -0.4 is 21.7 Å². The van der Waals surface area contributed by atoms with E-state index >= 15 is 0 Å². The number of aliphatic carboxylic acids is 1. The molecule has 0 aromatic rings. The van der Waals surface area contributed by atoms with Crippen molar-refractivity contribution < 1.29 is 29.4 Å². The summed E-state index contributed by atoms with van der Waals surface area (Å²) in [5.41, 5.74) is 5.15. The monoisotopic (exact) mass is 378 g/mol. The van der Waals surface area contributed by atoms with Crippen molar-refractivity contribution in [3.05, 3.63) is 0 Å². The van der Waals surface area contributed by atoms with Crippen molar-refractivity contribution in [1.82, 2.24) is 16.0 Å². The Labute approximate surface area is 150 Å². The molecule has 0 saturated heterocycles. The Morgan fingerprint density at radius 3 is 2.12 bits per heavy atom. The number of carboxylic acids is 1. The van der Waals surface area contributed by atoms with Crippen LogP contribution in [0.3, 0.4) is 0 Å². The van der Waals surface area contributed by atoms with E-state index in [2.05, 4.69) is 16.0 Å². The predicted molar refractivity (Wildman–Crippen MR) is 92.8 cm³/mol. The molecular weight excluding hydrogens is 352 g/mol. The second kappa shape index (κ2) is 11.7. The first-order chi connectivity index (χ1) is 11.6. The van der Waals surface area contributed by atoms with Crippen molar-refractivity contribution in [2.45, 2.75) is 44.5 Å². The molecule has 144 valence electrons. The molecule has 0 bridgehead atoms. The van der Waals surface area contributed by atoms with Crippen molar-refractivity contribution in [2.75, 3.05) is 18.6 Å². The molecule has 0 spiro atoms. The summed E-state index contributed by atoms with van der Waals surface area (Å²) in [7, 11) is 0. The average molecular weight is 378 g/mol. The quantitative estimate of drug-likeness (QED) is 0.232. The van der Waals surface area contributed by atoms with Gasteiger partial charge in [0.15, 0.2) is 0 Å². The third kappa shape index (κ3) is 8.70. The fourth-order valence-electron chi connectivity index (χ4n) is 1.80. The van der Waals surface area contributed by atoms with Crippen LogP contribution in [0.5, 0.6) is 0 Å². The minimum absolute atomic E-state index is 0.242. The number of carbonyl (C=O) groups excluding carboxylic acids is 3. The third-order valence-corrected chi connectivity index (χ3v) is 3.89. The Balaban J connectivity index is 4.78. The lowest BCUT2D eigenvalue weighted by molar-refractivity contribution is -0.142. The first kappa shape index (κ1) is 23.1. The van der Waals surface area contributed by atoms with Gasteiger partial charge in [-0.1, -0.05) is 0 Å². The molecule has 0 aliphatic carbocycles. The third-order valence-electron chi connectivity index (χ3n) is 3.24. The van der Waals surface area contributed by atoms with E-state index in [1.54, 1.807) is 0 Å². The van der Waals surface area contributed by atoms with Crippen LogP contribution in [0.1, 0.15) is 20.3 Å². The maximum Gasteiger partial charge on any atom is 0.326 e. The van der Waals surface area contributed by atoms with E-state index in [4.69, 9.17) is 10.8 Å². The maximum absolute atomic E-state index is 12.1. The minimum Gasteiger partial charge on any atom is -0.480 e. The molecule has 11 heteroatoms. The fourth-order valence-corrected chi connectivity index (χ4v) is 2.27. The Morgan fingerprint density at radius 1 is 1.08 bits per heavy atom. The van der Waals surface area contributed by atoms with Crippen molar-refractivity contribution >= 4 is 35.5 Å². The average Bonchev–Trinajstić information content (AvgIpc) is 2.54. The Bertz CT molecular complexity index is 488. The van der Waals surface area contributed by atoms with Crippen molar-refractivity contribution in [1.29, 1.82) is 0 Å². The molecule has 0 heterocycles. The first-order valence-corrected chi connectivity index (χ1v) is 9.03. The summed E-state index contributed by atoms with van der Waals surface area (Å²) in [6.07, 6.45) is 0.848. The van der Waals surface area contributed by atoms with E-state index < -0.39 is 47.9 Å². The highest BCUT2D eigenvalue weighted by molar-refractivity contribution is 7.98. The van der Waals surface area contributed by atoms with Gasteiger partial charge in [-0.2, -0.15) is 11.8 Å². The van der Waals surface area contributed by atoms with Gasteiger partial charge in [0.2, 0.25) is 17.7 Å². The first-order valence-electron chi connectivity index (χ1n) is 7.64. The van der Waals surface area contributed by atoms with Gasteiger partial charge in [-0.05, 0) is 32.3 Å². The van der Waals surface area contributed by atoms with Gasteiger partial charge >= 0.3 is 5.97 Å². The minimum atomic E-state index is -1.28. The molecule has 0 saturated carbocycles. The Morgan fingerprint density at radius 2 is 1.68 bits per heavy atom. The zero-order valence-electron chi connectivity index (χ0n) is 14.4. The van der Waals surface area contributed by atoms with Crippen LogP contribution in [0.4, 0.5) is 0 Å². The number of hydrogen-bond donors (Lipinski definition) is 6. The molecule has 0 rings (SSSR count). The highest BCUT2D eigenvalue weighted by Gasteiger charge is 2.29. The molecule has 0 aliphatic rings. The lowest BCUT2D eigenvalue weighted by atomic mass is 10.1. The second-order valence-corrected chi connectivity index (χ2v) is 6.39. The van der Waals surface area contributed by atoms with Crippen molar-refractivity contribution in [3.8, 4) is 0 Å². The van der Waals surface area contributed by atoms with E-state index in [1.807, 2.05) is 6.26 Å². The lowest BCUT2D eigenvalue weighted by Gasteiger charge is -2.23. The van der Waals surface area contributed by atoms with Gasteiger partial charge in [0.25, 0.3) is 0 Å². The maximum atomic E-state index is 12.1. The van der Waals surface area contributed by atoms with Crippen LogP contribution in [0, 0.1) is 0 Å². The highest BCUT2D eigenvalue weighted by atomic mass is 32.2. The number of aliphatic hydroxyl groups excluding tert-OH is 1. The molecular formula is C14H26N4O6S. The van der Waals surface area contributed by atoms with Gasteiger partial charge in [0.1, 0.15) is 18.1 Å². The Kier molecular flexibility index (Phi) is 10.8. The van der Waals surface area contributed by atoms with Gasteiger partial charge in [-0.25, -0.2) is 4.79 Å². The van der Waals surface area contributed by atoms with Crippen LogP contribution in [0.15, 0.2) is 0 Å². The van der Waals surface area contributed by atoms with Crippen LogP contribution in [-0.2, 0) is 19.2 Å². The molecule has 4 atom stereocenters. The zero-order valence-corrected chi connectivity index (χ0v) is 15.3. The van der Waals surface area contributed by atoms with Crippen molar-refractivity contribution in [2.24, 2.45) is 5.73 Å². The summed E-state index contributed by atoms with van der Waals surface area (Å²) >= 11 is 1.45. The summed E-state index contributed by atoms with van der Waals surface area (Å²) in [4.78, 5) is 46.6. The van der Waals surface area contributed by atoms with Gasteiger partial charge in [-0.15, -0.1) is 0 Å². The lowest BCUT2D eigenvalue weighted by Crippen LogP contribution is -2.58. The molecule has 7 N–H and O–H groups in total. The van der Waals surface area contributed by atoms with E-state index in [1.165, 1.54) is 25.6 Å². The van der Waals surface area contributed by atoms with E-state index in [0.717, 1.165) is 0 Å². The van der Waals surface area contributed by atoms with Crippen LogP contribution in [0.2, 0.25) is 0 Å². The molecule has 3 amide bonds. The number of nitrogens with one attached hydrogen (secondary N) is 3. The molecule has 25 heavy (non-hydrogen) atoms. The highest BCUT2D eigenvalue weighted by Crippen LogP contribution is 2.02. The summed E-state index contributed by atoms with van der Waals surface area (Å²) in [6, 6.07) is -3.40. The van der Waals surface area contributed by atoms with Gasteiger partial charge < -0.3 is 31.9 Å². The number of carbonyl (C=O) groups is 4. The molecule has 0 aromatic carbocycles. The predicted octanol–water partition coefficient (Wildman–Crippen LogP) is -2.36. The summed E-state index contributed by atoms with van der Waals surface area (Å²) in [6.45, 7) is 2.31. The van der Waals surface area contributed by atoms with E-state index in [-0.39, 0.29) is 13.0 Å². The largest absolute Gasteiger partial charge is 0.480 e. The molecule has 10 nitrogen and oxygen atoms in total. The normalized spacial score (nSPS) is 15.4. The number of amides is 3. The number of carboxylic acid groups (broad SMARTS) is 1. The summed E-state index contributed by atoms with van der Waals surface area (Å²) in [5.74, 6) is -2.72. The molecule has 0 radical (unpaired) electrons. The van der Waals surface area contributed by atoms with E-state index in [9.17, 15) is 24.3 Å². The van der Waals surface area contributed by atoms with Crippen LogP contribution in [0.25, 0.3) is 0 Å². The topological polar surface area (TPSA) is 171 Å². The Hall–Kier alpha value is -1.85. The van der Waals surface area contributed by atoms with Crippen LogP contribution in [-0.4, -0.2) is 76.7 Å². The van der Waals surface area contributed by atoms with Crippen molar-refractivity contribution in [3.63, 3.8) is 0 Å². The molecule has 0 aliphatic heterocycles.